The van der Waals surface area contributed by atoms with E-state index in [1.165, 1.54) is 0 Å². The highest BCUT2D eigenvalue weighted by Gasteiger charge is 2.12. The third-order valence-corrected chi connectivity index (χ3v) is 1.82. The molecular weight excluding hydrogens is 140 g/mol. The lowest BCUT2D eigenvalue weighted by Gasteiger charge is -2.11. The first kappa shape index (κ1) is 6.39. The Labute approximate surface area is 65.0 Å². The van der Waals surface area contributed by atoms with Crippen LogP contribution in [0.15, 0.2) is 11.3 Å². The number of rotatable bonds is 0. The highest BCUT2D eigenvalue weighted by Crippen LogP contribution is 2.16. The first-order valence-corrected chi connectivity index (χ1v) is 3.55. The number of aromatic nitrogens is 2. The summed E-state index contributed by atoms with van der Waals surface area (Å²) in [7, 11) is 1.98. The summed E-state index contributed by atoms with van der Waals surface area (Å²) in [6.45, 7) is 2.68. The Morgan fingerprint density at radius 1 is 1.64 bits per heavy atom. The second-order valence-electron chi connectivity index (χ2n) is 2.68. The molecule has 4 heteroatoms. The lowest BCUT2D eigenvalue weighted by atomic mass is 10.3. The molecule has 0 spiro atoms. The summed E-state index contributed by atoms with van der Waals surface area (Å²) in [6.07, 6.45) is 1.80. The van der Waals surface area contributed by atoms with Crippen molar-refractivity contribution < 1.29 is 0 Å². The molecule has 0 amide bonds. The number of nitrogens with zero attached hydrogens (tertiary/aromatic N) is 3. The predicted octanol–water partition coefficient (Wildman–Crippen LogP) is 0.764. The highest BCUT2D eigenvalue weighted by molar-refractivity contribution is 5.94. The van der Waals surface area contributed by atoms with E-state index in [0.29, 0.717) is 0 Å². The van der Waals surface area contributed by atoms with Crippen LogP contribution in [0.1, 0.15) is 12.6 Å². The highest BCUT2D eigenvalue weighted by atomic mass is 15.2. The van der Waals surface area contributed by atoms with Crippen molar-refractivity contribution in [3.05, 3.63) is 12.0 Å². The fraction of sp³-hybridized carbons (Fsp3) is 0.429. The normalized spacial score (nSPS) is 15.3. The molecule has 1 aromatic heterocycles. The van der Waals surface area contributed by atoms with Gasteiger partial charge in [0.25, 0.3) is 0 Å². The quantitative estimate of drug-likeness (QED) is 0.593. The molecule has 11 heavy (non-hydrogen) atoms. The van der Waals surface area contributed by atoms with E-state index < -0.39 is 0 Å². The summed E-state index contributed by atoms with van der Waals surface area (Å²) in [6, 6.07) is 0. The fourth-order valence-corrected chi connectivity index (χ4v) is 1.15. The minimum absolute atomic E-state index is 0.741. The first-order valence-electron chi connectivity index (χ1n) is 3.55. The van der Waals surface area contributed by atoms with Crippen molar-refractivity contribution in [2.24, 2.45) is 12.0 Å². The number of hydrogen-bond donors (Lipinski definition) is 1. The summed E-state index contributed by atoms with van der Waals surface area (Å²) in [5.74, 6) is 1.89. The van der Waals surface area contributed by atoms with Gasteiger partial charge in [-0.25, -0.2) is 4.98 Å². The van der Waals surface area contributed by atoms with Crippen molar-refractivity contribution in [1.82, 2.24) is 9.55 Å². The zero-order chi connectivity index (χ0) is 7.84. The van der Waals surface area contributed by atoms with Gasteiger partial charge in [0.05, 0.1) is 24.4 Å². The Balaban J connectivity index is 2.44. The molecule has 1 aliphatic rings. The van der Waals surface area contributed by atoms with Gasteiger partial charge in [0.2, 0.25) is 0 Å². The number of nitrogens with one attached hydrogen (secondary N) is 1. The Morgan fingerprint density at radius 3 is 3.27 bits per heavy atom. The van der Waals surface area contributed by atoms with Crippen LogP contribution in [0, 0.1) is 0 Å². The van der Waals surface area contributed by atoms with Gasteiger partial charge in [-0.2, -0.15) is 0 Å². The second kappa shape index (κ2) is 2.08. The van der Waals surface area contributed by atoms with Crippen LogP contribution >= 0.6 is 0 Å². The second-order valence-corrected chi connectivity index (χ2v) is 2.68. The van der Waals surface area contributed by atoms with Crippen LogP contribution in [0.3, 0.4) is 0 Å². The van der Waals surface area contributed by atoms with Gasteiger partial charge in [-0.15, -0.1) is 0 Å². The van der Waals surface area contributed by atoms with Crippen LogP contribution in [-0.2, 0) is 13.6 Å². The Kier molecular flexibility index (Phi) is 1.21. The lowest BCUT2D eigenvalue weighted by molar-refractivity contribution is 0.818. The van der Waals surface area contributed by atoms with E-state index in [0.717, 1.165) is 23.9 Å². The van der Waals surface area contributed by atoms with E-state index >= 15 is 0 Å². The topological polar surface area (TPSA) is 42.2 Å². The molecule has 0 radical (unpaired) electrons. The van der Waals surface area contributed by atoms with Crippen molar-refractivity contribution >= 4 is 11.7 Å². The molecule has 0 unspecified atom stereocenters. The average Bonchev–Trinajstić information content (AvgIpc) is 2.32. The standard InChI is InChI=1S/C7H10N4/c1-5-8-3-6-7(10-5)9-4-11(6)2/h4H,3H2,1-2H3,(H,8,10). The van der Waals surface area contributed by atoms with E-state index in [2.05, 4.69) is 15.3 Å². The third-order valence-electron chi connectivity index (χ3n) is 1.82. The van der Waals surface area contributed by atoms with Crippen LogP contribution in [0.5, 0.6) is 0 Å². The molecule has 58 valence electrons. The number of amidine groups is 1. The number of hydrogen-bond acceptors (Lipinski definition) is 3. The molecule has 0 saturated carbocycles. The van der Waals surface area contributed by atoms with Gasteiger partial charge in [-0.05, 0) is 6.92 Å². The molecule has 2 rings (SSSR count). The molecule has 1 aliphatic heterocycles. The number of anilines is 1. The fourth-order valence-electron chi connectivity index (χ4n) is 1.15. The summed E-state index contributed by atoms with van der Waals surface area (Å²) in [5, 5.41) is 3.10. The zero-order valence-corrected chi connectivity index (χ0v) is 6.63. The van der Waals surface area contributed by atoms with Gasteiger partial charge >= 0.3 is 0 Å². The average molecular weight is 150 g/mol. The monoisotopic (exact) mass is 150 g/mol. The maximum Gasteiger partial charge on any atom is 0.154 e. The maximum atomic E-state index is 4.25. The number of imidazole rings is 1. The molecule has 0 aliphatic carbocycles. The number of aryl methyl sites for hydroxylation is 1. The van der Waals surface area contributed by atoms with E-state index in [9.17, 15) is 0 Å². The van der Waals surface area contributed by atoms with Crippen LogP contribution in [0.25, 0.3) is 0 Å². The zero-order valence-electron chi connectivity index (χ0n) is 6.63. The molecule has 0 fully saturated rings. The largest absolute Gasteiger partial charge is 0.334 e. The Bertz CT molecular complexity index is 310. The van der Waals surface area contributed by atoms with Crippen molar-refractivity contribution in [2.45, 2.75) is 13.5 Å². The Morgan fingerprint density at radius 2 is 2.45 bits per heavy atom. The summed E-state index contributed by atoms with van der Waals surface area (Å²) < 4.78 is 1.98. The van der Waals surface area contributed by atoms with Crippen LogP contribution in [-0.4, -0.2) is 15.4 Å². The van der Waals surface area contributed by atoms with Gasteiger partial charge in [-0.1, -0.05) is 0 Å². The Hall–Kier alpha value is -1.32. The maximum absolute atomic E-state index is 4.25. The van der Waals surface area contributed by atoms with Crippen molar-refractivity contribution in [1.29, 1.82) is 0 Å². The molecule has 0 aromatic carbocycles. The molecular formula is C7H10N4. The van der Waals surface area contributed by atoms with Crippen LogP contribution in [0.2, 0.25) is 0 Å². The van der Waals surface area contributed by atoms with Crippen molar-refractivity contribution in [3.63, 3.8) is 0 Å². The lowest BCUT2D eigenvalue weighted by Crippen LogP contribution is -2.15. The smallest absolute Gasteiger partial charge is 0.154 e. The van der Waals surface area contributed by atoms with Gasteiger partial charge in [0.15, 0.2) is 5.82 Å². The van der Waals surface area contributed by atoms with Gasteiger partial charge in [-0.3, -0.25) is 4.99 Å². The SMILES string of the molecule is CC1=NCc2c(ncn2C)N1. The molecule has 2 heterocycles. The summed E-state index contributed by atoms with van der Waals surface area (Å²) >= 11 is 0. The van der Waals surface area contributed by atoms with E-state index in [1.54, 1.807) is 6.33 Å². The predicted molar refractivity (Wildman–Crippen MR) is 43.6 cm³/mol. The first-order chi connectivity index (χ1) is 5.27. The minimum Gasteiger partial charge on any atom is -0.334 e. The van der Waals surface area contributed by atoms with Gasteiger partial charge in [0, 0.05) is 7.05 Å². The third kappa shape index (κ3) is 0.906. The number of aliphatic imine (C=N–C) groups is 1. The summed E-state index contributed by atoms with van der Waals surface area (Å²) in [5.41, 5.74) is 1.15. The van der Waals surface area contributed by atoms with Gasteiger partial charge in [0.1, 0.15) is 0 Å². The molecule has 1 aromatic rings. The van der Waals surface area contributed by atoms with Crippen molar-refractivity contribution in [3.8, 4) is 0 Å². The molecule has 0 atom stereocenters. The van der Waals surface area contributed by atoms with Crippen LogP contribution in [0.4, 0.5) is 5.82 Å². The van der Waals surface area contributed by atoms with Gasteiger partial charge < -0.3 is 9.88 Å². The molecule has 4 nitrogen and oxygen atoms in total. The minimum atomic E-state index is 0.741. The molecule has 0 bridgehead atoms. The number of fused-ring (bicyclic) bond motifs is 1. The van der Waals surface area contributed by atoms with E-state index in [1.807, 2.05) is 18.5 Å². The molecule has 0 saturated heterocycles. The van der Waals surface area contributed by atoms with E-state index in [4.69, 9.17) is 0 Å². The molecule has 1 N–H and O–H groups in total. The summed E-state index contributed by atoms with van der Waals surface area (Å²) in [4.78, 5) is 8.43. The van der Waals surface area contributed by atoms with E-state index in [-0.39, 0.29) is 0 Å². The van der Waals surface area contributed by atoms with Crippen molar-refractivity contribution in [2.75, 3.05) is 5.32 Å². The van der Waals surface area contributed by atoms with Crippen LogP contribution < -0.4 is 5.32 Å².